The summed E-state index contributed by atoms with van der Waals surface area (Å²) in [6, 6.07) is 1.55. The largest absolute Gasteiger partial charge is 0.481 e. The predicted octanol–water partition coefficient (Wildman–Crippen LogP) is 1.62. The van der Waals surface area contributed by atoms with Crippen molar-refractivity contribution in [1.82, 2.24) is 20.2 Å². The van der Waals surface area contributed by atoms with Crippen molar-refractivity contribution < 1.29 is 23.1 Å². The molecule has 0 amide bonds. The summed E-state index contributed by atoms with van der Waals surface area (Å²) in [5.74, 6) is -5.20. The zero-order chi connectivity index (χ0) is 14.7. The van der Waals surface area contributed by atoms with Crippen LogP contribution >= 0.6 is 0 Å². The Morgan fingerprint density at radius 2 is 1.90 bits per heavy atom. The topological polar surface area (TPSA) is 80.9 Å². The van der Waals surface area contributed by atoms with Crippen molar-refractivity contribution in [2.24, 2.45) is 0 Å². The second-order valence-electron chi connectivity index (χ2n) is 3.98. The predicted molar refractivity (Wildman–Crippen MR) is 60.0 cm³/mol. The van der Waals surface area contributed by atoms with Crippen molar-refractivity contribution in [3.05, 3.63) is 29.6 Å². The van der Waals surface area contributed by atoms with Crippen LogP contribution in [0, 0.1) is 17.5 Å². The fourth-order valence-corrected chi connectivity index (χ4v) is 1.63. The van der Waals surface area contributed by atoms with Crippen molar-refractivity contribution in [3.63, 3.8) is 0 Å². The number of rotatable bonds is 5. The van der Waals surface area contributed by atoms with Crippen LogP contribution in [0.15, 0.2) is 12.1 Å². The highest BCUT2D eigenvalue weighted by Crippen LogP contribution is 2.21. The summed E-state index contributed by atoms with van der Waals surface area (Å²) in [6.07, 6.45) is 0.158. The van der Waals surface area contributed by atoms with Gasteiger partial charge in [-0.2, -0.15) is 0 Å². The SMILES string of the molecule is O=C(O)CCCn1nnnc1-c1cc(F)c(F)c(F)c1. The summed E-state index contributed by atoms with van der Waals surface area (Å²) >= 11 is 0. The number of halogens is 3. The lowest BCUT2D eigenvalue weighted by molar-refractivity contribution is -0.137. The minimum absolute atomic E-state index is 0.0262. The van der Waals surface area contributed by atoms with Gasteiger partial charge in [-0.1, -0.05) is 0 Å². The molecule has 0 saturated carbocycles. The van der Waals surface area contributed by atoms with E-state index in [1.54, 1.807) is 0 Å². The van der Waals surface area contributed by atoms with Crippen molar-refractivity contribution >= 4 is 5.97 Å². The summed E-state index contributed by atoms with van der Waals surface area (Å²) < 4.78 is 40.4. The molecule has 2 rings (SSSR count). The van der Waals surface area contributed by atoms with Gasteiger partial charge >= 0.3 is 5.97 Å². The zero-order valence-electron chi connectivity index (χ0n) is 10.1. The molecule has 1 aromatic carbocycles. The quantitative estimate of drug-likeness (QED) is 0.845. The first-order chi connectivity index (χ1) is 9.49. The molecule has 6 nitrogen and oxygen atoms in total. The second kappa shape index (κ2) is 5.68. The van der Waals surface area contributed by atoms with Gasteiger partial charge in [0.25, 0.3) is 0 Å². The van der Waals surface area contributed by atoms with Crippen LogP contribution in [0.25, 0.3) is 11.4 Å². The molecule has 0 aliphatic carbocycles. The van der Waals surface area contributed by atoms with E-state index in [0.29, 0.717) is 0 Å². The van der Waals surface area contributed by atoms with Gasteiger partial charge in [0, 0.05) is 18.5 Å². The molecule has 1 N–H and O–H groups in total. The molecule has 0 atom stereocenters. The number of carboxylic acids is 1. The average molecular weight is 286 g/mol. The lowest BCUT2D eigenvalue weighted by Crippen LogP contribution is -2.06. The Balaban J connectivity index is 2.25. The highest BCUT2D eigenvalue weighted by molar-refractivity contribution is 5.66. The van der Waals surface area contributed by atoms with Gasteiger partial charge in [-0.3, -0.25) is 4.79 Å². The molecule has 0 aliphatic rings. The number of carbonyl (C=O) groups is 1. The van der Waals surface area contributed by atoms with Gasteiger partial charge in [-0.15, -0.1) is 5.10 Å². The number of aliphatic carboxylic acids is 1. The van der Waals surface area contributed by atoms with Crippen LogP contribution in [-0.4, -0.2) is 31.3 Å². The van der Waals surface area contributed by atoms with Crippen molar-refractivity contribution in [2.75, 3.05) is 0 Å². The Bertz CT molecular complexity index is 621. The van der Waals surface area contributed by atoms with E-state index in [2.05, 4.69) is 15.5 Å². The lowest BCUT2D eigenvalue weighted by Gasteiger charge is -2.04. The molecule has 1 aromatic heterocycles. The molecule has 2 aromatic rings. The van der Waals surface area contributed by atoms with Gasteiger partial charge in [0.1, 0.15) is 0 Å². The summed E-state index contributed by atoms with van der Waals surface area (Å²) in [5, 5.41) is 19.1. The highest BCUT2D eigenvalue weighted by Gasteiger charge is 2.16. The third kappa shape index (κ3) is 2.92. The number of hydrogen-bond donors (Lipinski definition) is 1. The molecule has 0 aliphatic heterocycles. The molecule has 106 valence electrons. The first-order valence-electron chi connectivity index (χ1n) is 5.62. The first-order valence-corrected chi connectivity index (χ1v) is 5.62. The van der Waals surface area contributed by atoms with Gasteiger partial charge < -0.3 is 5.11 Å². The average Bonchev–Trinajstić information content (AvgIpc) is 2.83. The maximum Gasteiger partial charge on any atom is 0.303 e. The van der Waals surface area contributed by atoms with Crippen LogP contribution in [-0.2, 0) is 11.3 Å². The zero-order valence-corrected chi connectivity index (χ0v) is 10.1. The van der Waals surface area contributed by atoms with Gasteiger partial charge in [0.15, 0.2) is 23.3 Å². The molecular weight excluding hydrogens is 277 g/mol. The van der Waals surface area contributed by atoms with Crippen LogP contribution < -0.4 is 0 Å². The van der Waals surface area contributed by atoms with Crippen LogP contribution in [0.2, 0.25) is 0 Å². The fourth-order valence-electron chi connectivity index (χ4n) is 1.63. The van der Waals surface area contributed by atoms with E-state index >= 15 is 0 Å². The minimum atomic E-state index is -1.57. The Hall–Kier alpha value is -2.45. The maximum atomic E-state index is 13.2. The Morgan fingerprint density at radius 1 is 1.25 bits per heavy atom. The molecule has 0 bridgehead atoms. The summed E-state index contributed by atoms with van der Waals surface area (Å²) in [6.45, 7) is 0.162. The summed E-state index contributed by atoms with van der Waals surface area (Å²) in [7, 11) is 0. The minimum Gasteiger partial charge on any atom is -0.481 e. The third-order valence-electron chi connectivity index (χ3n) is 2.53. The van der Waals surface area contributed by atoms with E-state index in [9.17, 15) is 18.0 Å². The Labute approximate surface area is 110 Å². The molecule has 20 heavy (non-hydrogen) atoms. The molecule has 9 heteroatoms. The van der Waals surface area contributed by atoms with E-state index < -0.39 is 23.4 Å². The molecule has 0 spiro atoms. The van der Waals surface area contributed by atoms with E-state index in [0.717, 1.165) is 12.1 Å². The molecular formula is C11H9F3N4O2. The van der Waals surface area contributed by atoms with E-state index in [4.69, 9.17) is 5.11 Å². The van der Waals surface area contributed by atoms with Gasteiger partial charge in [0.05, 0.1) is 0 Å². The summed E-state index contributed by atoms with van der Waals surface area (Å²) in [5.41, 5.74) is -0.0262. The van der Waals surface area contributed by atoms with Crippen LogP contribution in [0.5, 0.6) is 0 Å². The smallest absolute Gasteiger partial charge is 0.303 e. The Kier molecular flexibility index (Phi) is 3.97. The van der Waals surface area contributed by atoms with Crippen molar-refractivity contribution in [3.8, 4) is 11.4 Å². The van der Waals surface area contributed by atoms with E-state index in [1.807, 2.05) is 0 Å². The van der Waals surface area contributed by atoms with E-state index in [-0.39, 0.29) is 30.8 Å². The number of nitrogens with zero attached hydrogens (tertiary/aromatic N) is 4. The van der Waals surface area contributed by atoms with Gasteiger partial charge in [-0.05, 0) is 29.0 Å². The second-order valence-corrected chi connectivity index (χ2v) is 3.98. The van der Waals surface area contributed by atoms with Crippen LogP contribution in [0.3, 0.4) is 0 Å². The molecule has 0 radical (unpaired) electrons. The van der Waals surface area contributed by atoms with Crippen LogP contribution in [0.1, 0.15) is 12.8 Å². The monoisotopic (exact) mass is 286 g/mol. The third-order valence-corrected chi connectivity index (χ3v) is 2.53. The number of aromatic nitrogens is 4. The molecule has 0 unspecified atom stereocenters. The normalized spacial score (nSPS) is 10.8. The van der Waals surface area contributed by atoms with Crippen molar-refractivity contribution in [2.45, 2.75) is 19.4 Å². The number of hydrogen-bond acceptors (Lipinski definition) is 4. The lowest BCUT2D eigenvalue weighted by atomic mass is 10.2. The number of tetrazole rings is 1. The molecule has 0 fully saturated rings. The van der Waals surface area contributed by atoms with Gasteiger partial charge in [-0.25, -0.2) is 17.9 Å². The van der Waals surface area contributed by atoms with Crippen LogP contribution in [0.4, 0.5) is 13.2 Å². The number of carboxylic acid groups (broad SMARTS) is 1. The number of benzene rings is 1. The maximum absolute atomic E-state index is 13.2. The highest BCUT2D eigenvalue weighted by atomic mass is 19.2. The molecule has 1 heterocycles. The number of aryl methyl sites for hydroxylation is 1. The van der Waals surface area contributed by atoms with Gasteiger partial charge in [0.2, 0.25) is 0 Å². The standard InChI is InChI=1S/C11H9F3N4O2/c12-7-4-6(5-8(13)10(7)14)11-15-16-17-18(11)3-1-2-9(19)20/h4-5H,1-3H2,(H,19,20). The van der Waals surface area contributed by atoms with E-state index in [1.165, 1.54) is 4.68 Å². The summed E-state index contributed by atoms with van der Waals surface area (Å²) in [4.78, 5) is 10.4. The fraction of sp³-hybridized carbons (Fsp3) is 0.273. The molecule has 0 saturated heterocycles. The van der Waals surface area contributed by atoms with Crippen molar-refractivity contribution in [1.29, 1.82) is 0 Å². The first kappa shape index (κ1) is 14.0. The Morgan fingerprint density at radius 3 is 2.50 bits per heavy atom.